The highest BCUT2D eigenvalue weighted by molar-refractivity contribution is 5.83. The molecule has 0 bridgehead atoms. The van der Waals surface area contributed by atoms with Gasteiger partial charge in [-0.05, 0) is 19.8 Å². The number of carbonyl (C=O) groups is 2. The van der Waals surface area contributed by atoms with Gasteiger partial charge in [-0.2, -0.15) is 0 Å². The van der Waals surface area contributed by atoms with Crippen molar-refractivity contribution in [3.63, 3.8) is 0 Å². The van der Waals surface area contributed by atoms with E-state index >= 15 is 0 Å². The topological polar surface area (TPSA) is 99.1 Å². The standard InChI is InChI=1S/C12H20N2O5/c1-12(3-2-4-19-12)7-13-11(18)14-6-8(15)5-9(14)10(16)17/h8-9,15H,2-7H2,1H3,(H,13,18)(H,16,17)/t8-,9-,12?/m1/s1. The van der Waals surface area contributed by atoms with Gasteiger partial charge in [0, 0.05) is 26.1 Å². The Balaban J connectivity index is 1.90. The molecule has 0 radical (unpaired) electrons. The van der Waals surface area contributed by atoms with Crippen LogP contribution in [0.5, 0.6) is 0 Å². The molecule has 2 rings (SSSR count). The first kappa shape index (κ1) is 14.1. The molecular formula is C12H20N2O5. The van der Waals surface area contributed by atoms with Crippen molar-refractivity contribution >= 4 is 12.0 Å². The third-order valence-electron chi connectivity index (χ3n) is 3.74. The van der Waals surface area contributed by atoms with E-state index in [1.807, 2.05) is 6.92 Å². The minimum absolute atomic E-state index is 0.0559. The molecule has 2 fully saturated rings. The first-order chi connectivity index (χ1) is 8.91. The molecule has 1 unspecified atom stereocenters. The minimum Gasteiger partial charge on any atom is -0.480 e. The van der Waals surface area contributed by atoms with Crippen LogP contribution in [0.15, 0.2) is 0 Å². The predicted octanol–water partition coefficient (Wildman–Crippen LogP) is -0.215. The van der Waals surface area contributed by atoms with Gasteiger partial charge in [-0.15, -0.1) is 0 Å². The van der Waals surface area contributed by atoms with E-state index in [4.69, 9.17) is 9.84 Å². The van der Waals surface area contributed by atoms with Crippen molar-refractivity contribution in [2.45, 2.75) is 43.9 Å². The number of hydrogen-bond acceptors (Lipinski definition) is 4. The molecule has 2 aliphatic rings. The van der Waals surface area contributed by atoms with Crippen molar-refractivity contribution in [1.29, 1.82) is 0 Å². The Kier molecular flexibility index (Phi) is 3.96. The molecule has 2 saturated heterocycles. The second-order valence-electron chi connectivity index (χ2n) is 5.46. The fraction of sp³-hybridized carbons (Fsp3) is 0.833. The molecule has 0 spiro atoms. The average Bonchev–Trinajstić information content (AvgIpc) is 2.93. The summed E-state index contributed by atoms with van der Waals surface area (Å²) in [7, 11) is 0. The van der Waals surface area contributed by atoms with Crippen LogP contribution >= 0.6 is 0 Å². The maximum absolute atomic E-state index is 12.0. The van der Waals surface area contributed by atoms with E-state index in [-0.39, 0.29) is 18.6 Å². The van der Waals surface area contributed by atoms with Gasteiger partial charge in [0.05, 0.1) is 11.7 Å². The van der Waals surface area contributed by atoms with E-state index in [9.17, 15) is 14.7 Å². The van der Waals surface area contributed by atoms with Crippen LogP contribution in [-0.2, 0) is 9.53 Å². The molecule has 2 amide bonds. The van der Waals surface area contributed by atoms with E-state index in [1.54, 1.807) is 0 Å². The number of likely N-dealkylation sites (tertiary alicyclic amines) is 1. The number of ether oxygens (including phenoxy) is 1. The number of amides is 2. The summed E-state index contributed by atoms with van der Waals surface area (Å²) in [4.78, 5) is 24.2. The van der Waals surface area contributed by atoms with Crippen molar-refractivity contribution in [2.24, 2.45) is 0 Å². The Morgan fingerprint density at radius 2 is 2.26 bits per heavy atom. The number of aliphatic hydroxyl groups excluding tert-OH is 1. The molecule has 2 heterocycles. The van der Waals surface area contributed by atoms with E-state index in [0.717, 1.165) is 12.8 Å². The quantitative estimate of drug-likeness (QED) is 0.660. The SMILES string of the molecule is CC1(CNC(=O)N2C[C@H](O)C[C@@H]2C(=O)O)CCCO1. The smallest absolute Gasteiger partial charge is 0.326 e. The molecular weight excluding hydrogens is 252 g/mol. The average molecular weight is 272 g/mol. The van der Waals surface area contributed by atoms with Gasteiger partial charge in [-0.3, -0.25) is 0 Å². The summed E-state index contributed by atoms with van der Waals surface area (Å²) in [6.07, 6.45) is 1.14. The highest BCUT2D eigenvalue weighted by Gasteiger charge is 2.39. The van der Waals surface area contributed by atoms with Gasteiger partial charge in [0.1, 0.15) is 6.04 Å². The highest BCUT2D eigenvalue weighted by atomic mass is 16.5. The zero-order valence-corrected chi connectivity index (χ0v) is 11.0. The molecule has 0 aliphatic carbocycles. The molecule has 0 aromatic carbocycles. The number of aliphatic hydroxyl groups is 1. The summed E-state index contributed by atoms with van der Waals surface area (Å²) >= 11 is 0. The molecule has 7 heteroatoms. The Bertz CT molecular complexity index is 367. The van der Waals surface area contributed by atoms with Crippen LogP contribution in [0, 0.1) is 0 Å². The van der Waals surface area contributed by atoms with Crippen LogP contribution in [0.4, 0.5) is 4.79 Å². The summed E-state index contributed by atoms with van der Waals surface area (Å²) < 4.78 is 5.55. The van der Waals surface area contributed by atoms with Crippen molar-refractivity contribution in [3.05, 3.63) is 0 Å². The molecule has 3 N–H and O–H groups in total. The molecule has 0 aromatic rings. The van der Waals surface area contributed by atoms with Crippen molar-refractivity contribution < 1.29 is 24.5 Å². The number of β-amino-alcohol motifs (C(OH)–C–C–N with tert-alkyl or cyclic N) is 1. The van der Waals surface area contributed by atoms with Crippen LogP contribution < -0.4 is 5.32 Å². The third-order valence-corrected chi connectivity index (χ3v) is 3.74. The molecule has 19 heavy (non-hydrogen) atoms. The zero-order chi connectivity index (χ0) is 14.0. The highest BCUT2D eigenvalue weighted by Crippen LogP contribution is 2.24. The van der Waals surface area contributed by atoms with E-state index in [2.05, 4.69) is 5.32 Å². The number of rotatable bonds is 3. The van der Waals surface area contributed by atoms with E-state index in [0.29, 0.717) is 13.2 Å². The fourth-order valence-electron chi connectivity index (χ4n) is 2.61. The lowest BCUT2D eigenvalue weighted by Gasteiger charge is -2.27. The molecule has 2 aliphatic heterocycles. The third kappa shape index (κ3) is 3.16. The summed E-state index contributed by atoms with van der Waals surface area (Å²) in [5.74, 6) is -1.09. The van der Waals surface area contributed by atoms with Crippen LogP contribution in [0.25, 0.3) is 0 Å². The van der Waals surface area contributed by atoms with Crippen LogP contribution in [-0.4, -0.2) is 64.6 Å². The summed E-state index contributed by atoms with van der Waals surface area (Å²) in [5, 5.41) is 21.2. The molecule has 0 aromatic heterocycles. The number of carbonyl (C=O) groups excluding carboxylic acids is 1. The number of hydrogen-bond donors (Lipinski definition) is 3. The number of aliphatic carboxylic acids is 1. The summed E-state index contributed by atoms with van der Waals surface area (Å²) in [5.41, 5.74) is -0.368. The predicted molar refractivity (Wildman–Crippen MR) is 65.7 cm³/mol. The van der Waals surface area contributed by atoms with Gasteiger partial charge in [0.15, 0.2) is 0 Å². The van der Waals surface area contributed by atoms with Crippen molar-refractivity contribution in [3.8, 4) is 0 Å². The second-order valence-corrected chi connectivity index (χ2v) is 5.46. The Labute approximate surface area is 111 Å². The Morgan fingerprint density at radius 3 is 2.84 bits per heavy atom. The minimum atomic E-state index is -1.09. The van der Waals surface area contributed by atoms with Crippen LogP contribution in [0.3, 0.4) is 0 Å². The normalized spacial score (nSPS) is 34.5. The molecule has 0 saturated carbocycles. The maximum atomic E-state index is 12.0. The molecule has 3 atom stereocenters. The lowest BCUT2D eigenvalue weighted by Crippen LogP contribution is -2.50. The number of nitrogens with zero attached hydrogens (tertiary/aromatic N) is 1. The molecule has 7 nitrogen and oxygen atoms in total. The first-order valence-electron chi connectivity index (χ1n) is 6.50. The zero-order valence-electron chi connectivity index (χ0n) is 11.0. The fourth-order valence-corrected chi connectivity index (χ4v) is 2.61. The van der Waals surface area contributed by atoms with E-state index < -0.39 is 24.1 Å². The summed E-state index contributed by atoms with van der Waals surface area (Å²) in [6, 6.07) is -1.41. The summed E-state index contributed by atoms with van der Waals surface area (Å²) in [6.45, 7) is 3.02. The van der Waals surface area contributed by atoms with Gasteiger partial charge >= 0.3 is 12.0 Å². The number of carboxylic acids is 1. The number of urea groups is 1. The van der Waals surface area contributed by atoms with Crippen molar-refractivity contribution in [2.75, 3.05) is 19.7 Å². The monoisotopic (exact) mass is 272 g/mol. The largest absolute Gasteiger partial charge is 0.480 e. The number of carboxylic acid groups (broad SMARTS) is 1. The number of nitrogens with one attached hydrogen (secondary N) is 1. The van der Waals surface area contributed by atoms with Gasteiger partial charge in [-0.25, -0.2) is 9.59 Å². The van der Waals surface area contributed by atoms with Crippen LogP contribution in [0.1, 0.15) is 26.2 Å². The lowest BCUT2D eigenvalue weighted by atomic mass is 10.0. The first-order valence-corrected chi connectivity index (χ1v) is 6.50. The van der Waals surface area contributed by atoms with Crippen LogP contribution in [0.2, 0.25) is 0 Å². The lowest BCUT2D eigenvalue weighted by molar-refractivity contribution is -0.141. The Hall–Kier alpha value is -1.34. The van der Waals surface area contributed by atoms with Gasteiger partial charge in [0.25, 0.3) is 0 Å². The second kappa shape index (κ2) is 5.34. The molecule has 108 valence electrons. The van der Waals surface area contributed by atoms with Gasteiger partial charge in [0.2, 0.25) is 0 Å². The van der Waals surface area contributed by atoms with Crippen molar-refractivity contribution in [1.82, 2.24) is 10.2 Å². The van der Waals surface area contributed by atoms with Gasteiger partial charge < -0.3 is 25.2 Å². The Morgan fingerprint density at radius 1 is 1.53 bits per heavy atom. The van der Waals surface area contributed by atoms with Gasteiger partial charge in [-0.1, -0.05) is 0 Å². The maximum Gasteiger partial charge on any atom is 0.326 e. The van der Waals surface area contributed by atoms with E-state index in [1.165, 1.54) is 4.90 Å².